The molecule has 84 valence electrons. The zero-order valence-corrected chi connectivity index (χ0v) is 9.70. The van der Waals surface area contributed by atoms with Crippen LogP contribution in [-0.2, 0) is 0 Å². The molecule has 0 bridgehead atoms. The van der Waals surface area contributed by atoms with E-state index in [4.69, 9.17) is 5.73 Å². The molecule has 0 amide bonds. The van der Waals surface area contributed by atoms with Crippen molar-refractivity contribution in [2.45, 2.75) is 19.8 Å². The van der Waals surface area contributed by atoms with Gasteiger partial charge in [-0.2, -0.15) is 0 Å². The lowest BCUT2D eigenvalue weighted by molar-refractivity contribution is 0.745. The fourth-order valence-electron chi connectivity index (χ4n) is 1.80. The summed E-state index contributed by atoms with van der Waals surface area (Å²) in [5.74, 6) is 1.22. The van der Waals surface area contributed by atoms with Crippen molar-refractivity contribution in [3.05, 3.63) is 41.7 Å². The van der Waals surface area contributed by atoms with Crippen LogP contribution in [0.5, 0.6) is 0 Å². The molecule has 1 atom stereocenters. The second-order valence-corrected chi connectivity index (χ2v) is 4.10. The molecule has 16 heavy (non-hydrogen) atoms. The van der Waals surface area contributed by atoms with Crippen molar-refractivity contribution >= 4 is 0 Å². The number of rotatable bonds is 3. The van der Waals surface area contributed by atoms with Crippen LogP contribution in [0.3, 0.4) is 0 Å². The van der Waals surface area contributed by atoms with E-state index in [1.54, 1.807) is 0 Å². The van der Waals surface area contributed by atoms with Gasteiger partial charge in [-0.15, -0.1) is 0 Å². The first-order chi connectivity index (χ1) is 7.72. The van der Waals surface area contributed by atoms with Crippen molar-refractivity contribution in [1.82, 2.24) is 9.97 Å². The summed E-state index contributed by atoms with van der Waals surface area (Å²) in [6.07, 6.45) is 0. The molecule has 1 heterocycles. The first-order valence-corrected chi connectivity index (χ1v) is 5.54. The Morgan fingerprint density at radius 2 is 2.00 bits per heavy atom. The van der Waals surface area contributed by atoms with Crippen LogP contribution >= 0.6 is 0 Å². The third-order valence-electron chi connectivity index (χ3n) is 2.79. The van der Waals surface area contributed by atoms with Crippen molar-refractivity contribution in [2.24, 2.45) is 5.73 Å². The van der Waals surface area contributed by atoms with Crippen molar-refractivity contribution in [2.75, 3.05) is 6.54 Å². The molecule has 0 fully saturated rings. The van der Waals surface area contributed by atoms with Gasteiger partial charge in [-0.25, -0.2) is 4.98 Å². The molecule has 0 spiro atoms. The van der Waals surface area contributed by atoms with Gasteiger partial charge in [0.1, 0.15) is 5.82 Å². The normalized spacial score (nSPS) is 12.7. The smallest absolute Gasteiger partial charge is 0.137 e. The van der Waals surface area contributed by atoms with E-state index in [1.807, 2.05) is 25.1 Å². The fraction of sp³-hybridized carbons (Fsp3) is 0.308. The van der Waals surface area contributed by atoms with Gasteiger partial charge in [-0.1, -0.05) is 37.3 Å². The highest BCUT2D eigenvalue weighted by Gasteiger charge is 2.13. The average molecular weight is 215 g/mol. The van der Waals surface area contributed by atoms with Crippen LogP contribution in [0.15, 0.2) is 30.3 Å². The van der Waals surface area contributed by atoms with Gasteiger partial charge in [0.05, 0.1) is 5.69 Å². The molecular weight excluding hydrogens is 198 g/mol. The molecule has 0 aliphatic heterocycles. The Hall–Kier alpha value is -1.61. The van der Waals surface area contributed by atoms with E-state index in [-0.39, 0.29) is 0 Å². The second kappa shape index (κ2) is 4.49. The first-order valence-electron chi connectivity index (χ1n) is 5.54. The SMILES string of the molecule is Cc1[nH]c(-c2ccccc2)nc1C(C)CN. The number of nitrogens with one attached hydrogen (secondary N) is 1. The number of benzene rings is 1. The lowest BCUT2D eigenvalue weighted by Crippen LogP contribution is -2.10. The van der Waals surface area contributed by atoms with E-state index < -0.39 is 0 Å². The van der Waals surface area contributed by atoms with Gasteiger partial charge in [0, 0.05) is 23.7 Å². The van der Waals surface area contributed by atoms with Gasteiger partial charge in [0.2, 0.25) is 0 Å². The van der Waals surface area contributed by atoms with Crippen LogP contribution in [-0.4, -0.2) is 16.5 Å². The molecule has 2 rings (SSSR count). The number of aryl methyl sites for hydroxylation is 1. The minimum absolute atomic E-state index is 0.300. The molecule has 0 saturated heterocycles. The van der Waals surface area contributed by atoms with E-state index >= 15 is 0 Å². The first kappa shape index (κ1) is 10.9. The topological polar surface area (TPSA) is 54.7 Å². The Morgan fingerprint density at radius 3 is 2.62 bits per heavy atom. The number of imidazole rings is 1. The van der Waals surface area contributed by atoms with E-state index in [9.17, 15) is 0 Å². The van der Waals surface area contributed by atoms with Gasteiger partial charge in [-0.05, 0) is 6.92 Å². The van der Waals surface area contributed by atoms with Gasteiger partial charge in [0.25, 0.3) is 0 Å². The number of H-pyrrole nitrogens is 1. The van der Waals surface area contributed by atoms with Crippen LogP contribution in [0.25, 0.3) is 11.4 Å². The van der Waals surface area contributed by atoms with Crippen molar-refractivity contribution in [3.8, 4) is 11.4 Å². The number of hydrogen-bond acceptors (Lipinski definition) is 2. The van der Waals surface area contributed by atoms with E-state index in [2.05, 4.69) is 29.0 Å². The Balaban J connectivity index is 2.38. The summed E-state index contributed by atoms with van der Waals surface area (Å²) in [4.78, 5) is 7.92. The monoisotopic (exact) mass is 215 g/mol. The van der Waals surface area contributed by atoms with Crippen LogP contribution in [0.1, 0.15) is 24.2 Å². The predicted molar refractivity (Wildman–Crippen MR) is 66.2 cm³/mol. The lowest BCUT2D eigenvalue weighted by Gasteiger charge is -2.04. The van der Waals surface area contributed by atoms with Crippen LogP contribution < -0.4 is 5.73 Å². The maximum atomic E-state index is 5.67. The second-order valence-electron chi connectivity index (χ2n) is 4.10. The zero-order valence-electron chi connectivity index (χ0n) is 9.70. The number of nitrogens with zero attached hydrogens (tertiary/aromatic N) is 1. The molecular formula is C13H17N3. The van der Waals surface area contributed by atoms with Crippen LogP contribution in [0, 0.1) is 6.92 Å². The standard InChI is InChI=1S/C13H17N3/c1-9(8-14)12-10(2)15-13(16-12)11-6-4-3-5-7-11/h3-7,9H,8,14H2,1-2H3,(H,15,16). The Bertz CT molecular complexity index is 459. The third kappa shape index (κ3) is 1.99. The molecule has 1 aromatic heterocycles. The van der Waals surface area contributed by atoms with Crippen molar-refractivity contribution in [3.63, 3.8) is 0 Å². The molecule has 0 aliphatic rings. The number of aromatic amines is 1. The molecule has 3 N–H and O–H groups in total. The van der Waals surface area contributed by atoms with Crippen molar-refractivity contribution in [1.29, 1.82) is 0 Å². The molecule has 3 heteroatoms. The summed E-state index contributed by atoms with van der Waals surface area (Å²) in [6, 6.07) is 10.1. The number of nitrogens with two attached hydrogens (primary N) is 1. The van der Waals surface area contributed by atoms with Crippen molar-refractivity contribution < 1.29 is 0 Å². The summed E-state index contributed by atoms with van der Waals surface area (Å²) in [5, 5.41) is 0. The van der Waals surface area contributed by atoms with E-state index in [1.165, 1.54) is 0 Å². The number of aromatic nitrogens is 2. The Labute approximate surface area is 95.7 Å². The van der Waals surface area contributed by atoms with E-state index in [0.717, 1.165) is 22.8 Å². The summed E-state index contributed by atoms with van der Waals surface area (Å²) in [6.45, 7) is 4.76. The van der Waals surface area contributed by atoms with Gasteiger partial charge in [0.15, 0.2) is 0 Å². The molecule has 1 unspecified atom stereocenters. The van der Waals surface area contributed by atoms with Gasteiger partial charge in [-0.3, -0.25) is 0 Å². The molecule has 1 aromatic carbocycles. The number of hydrogen-bond donors (Lipinski definition) is 2. The highest BCUT2D eigenvalue weighted by atomic mass is 14.9. The quantitative estimate of drug-likeness (QED) is 0.826. The lowest BCUT2D eigenvalue weighted by atomic mass is 10.1. The predicted octanol–water partition coefficient (Wildman–Crippen LogP) is 2.45. The fourth-order valence-corrected chi connectivity index (χ4v) is 1.80. The minimum Gasteiger partial charge on any atom is -0.342 e. The maximum absolute atomic E-state index is 5.67. The summed E-state index contributed by atoms with van der Waals surface area (Å²) >= 11 is 0. The molecule has 0 saturated carbocycles. The van der Waals surface area contributed by atoms with E-state index in [0.29, 0.717) is 12.5 Å². The van der Waals surface area contributed by atoms with Crippen LogP contribution in [0.2, 0.25) is 0 Å². The van der Waals surface area contributed by atoms with Gasteiger partial charge < -0.3 is 10.7 Å². The Morgan fingerprint density at radius 1 is 1.31 bits per heavy atom. The molecule has 0 aliphatic carbocycles. The largest absolute Gasteiger partial charge is 0.342 e. The maximum Gasteiger partial charge on any atom is 0.137 e. The Kier molecular flexibility index (Phi) is 3.06. The summed E-state index contributed by atoms with van der Waals surface area (Å²) in [5.41, 5.74) is 8.96. The highest BCUT2D eigenvalue weighted by molar-refractivity contribution is 5.55. The molecule has 3 nitrogen and oxygen atoms in total. The zero-order chi connectivity index (χ0) is 11.5. The highest BCUT2D eigenvalue weighted by Crippen LogP contribution is 2.21. The van der Waals surface area contributed by atoms with Gasteiger partial charge >= 0.3 is 0 Å². The third-order valence-corrected chi connectivity index (χ3v) is 2.79. The molecule has 0 radical (unpaired) electrons. The minimum atomic E-state index is 0.300. The molecule has 2 aromatic rings. The summed E-state index contributed by atoms with van der Waals surface area (Å²) < 4.78 is 0. The average Bonchev–Trinajstić information content (AvgIpc) is 2.71. The summed E-state index contributed by atoms with van der Waals surface area (Å²) in [7, 11) is 0. The van der Waals surface area contributed by atoms with Crippen LogP contribution in [0.4, 0.5) is 0 Å².